The number of phenols is 2. The fraction of sp³-hybridized carbons (Fsp3) is 0.0811. The first-order chi connectivity index (χ1) is 20.5. The standard InChI is InChI=1S/C36H28O4.CH2S.H2O/c1-23-10-12-24(13-11-23)20-25-14-16-26(17-15-25)22-40-36(39)31-21-28-7-3-5-9-30(28)34(35(31)38)33-29-8-4-2-6-27(29)18-19-32(33)37;1-2;/h2-19,21,37-38H,20,22H2,1H3;1H2;1H2. The number of hydrogen-bond donors (Lipinski definition) is 2. The lowest BCUT2D eigenvalue weighted by molar-refractivity contribution is 0.0469. The molecule has 0 saturated heterocycles. The minimum Gasteiger partial charge on any atom is -0.507 e. The molecule has 0 radical (unpaired) electrons. The monoisotopic (exact) mass is 588 g/mol. The van der Waals surface area contributed by atoms with Crippen molar-refractivity contribution in [2.75, 3.05) is 0 Å². The van der Waals surface area contributed by atoms with Crippen LogP contribution in [0.5, 0.6) is 11.5 Å². The molecule has 0 fully saturated rings. The summed E-state index contributed by atoms with van der Waals surface area (Å²) in [5.74, 6) is 2.01. The number of ether oxygens (including phenoxy) is 1. The highest BCUT2D eigenvalue weighted by Crippen LogP contribution is 2.46. The Morgan fingerprint density at radius 1 is 0.698 bits per heavy atom. The molecule has 0 saturated carbocycles. The van der Waals surface area contributed by atoms with Gasteiger partial charge >= 0.3 is 5.97 Å². The minimum absolute atomic E-state index is 0. The number of benzene rings is 6. The van der Waals surface area contributed by atoms with Crippen molar-refractivity contribution in [3.05, 3.63) is 143 Å². The average Bonchev–Trinajstić information content (AvgIpc) is 3.03. The van der Waals surface area contributed by atoms with Crippen LogP contribution in [0.1, 0.15) is 32.6 Å². The van der Waals surface area contributed by atoms with E-state index in [1.807, 2.05) is 78.9 Å². The normalized spacial score (nSPS) is 10.4. The molecule has 6 heteroatoms. The Morgan fingerprint density at radius 2 is 1.23 bits per heavy atom. The van der Waals surface area contributed by atoms with E-state index in [2.05, 4.69) is 49.3 Å². The summed E-state index contributed by atoms with van der Waals surface area (Å²) in [6, 6.07) is 36.7. The van der Waals surface area contributed by atoms with Gasteiger partial charge in [-0.25, -0.2) is 4.79 Å². The van der Waals surface area contributed by atoms with Crippen molar-refractivity contribution >= 4 is 45.6 Å². The van der Waals surface area contributed by atoms with Crippen molar-refractivity contribution in [3.8, 4) is 22.6 Å². The van der Waals surface area contributed by atoms with Gasteiger partial charge in [-0.05, 0) is 69.6 Å². The van der Waals surface area contributed by atoms with Crippen molar-refractivity contribution in [1.29, 1.82) is 0 Å². The topological polar surface area (TPSA) is 98.3 Å². The van der Waals surface area contributed by atoms with Gasteiger partial charge in [0.1, 0.15) is 23.7 Å². The summed E-state index contributed by atoms with van der Waals surface area (Å²) in [4.78, 5) is 13.3. The molecule has 6 aromatic carbocycles. The number of hydrogen-bond acceptors (Lipinski definition) is 5. The van der Waals surface area contributed by atoms with Crippen LogP contribution in [0.15, 0.2) is 115 Å². The smallest absolute Gasteiger partial charge is 0.342 e. The zero-order chi connectivity index (χ0) is 29.6. The van der Waals surface area contributed by atoms with Gasteiger partial charge in [0.2, 0.25) is 0 Å². The van der Waals surface area contributed by atoms with Gasteiger partial charge in [-0.1, -0.05) is 121 Å². The predicted molar refractivity (Wildman–Crippen MR) is 178 cm³/mol. The van der Waals surface area contributed by atoms with E-state index in [9.17, 15) is 15.0 Å². The van der Waals surface area contributed by atoms with E-state index in [-0.39, 0.29) is 29.1 Å². The number of rotatable bonds is 6. The maximum atomic E-state index is 13.3. The summed E-state index contributed by atoms with van der Waals surface area (Å²) < 4.78 is 5.66. The summed E-state index contributed by atoms with van der Waals surface area (Å²) >= 11 is 3.83. The molecule has 4 N–H and O–H groups in total. The molecule has 0 aromatic heterocycles. The maximum Gasteiger partial charge on any atom is 0.342 e. The molecule has 0 aliphatic heterocycles. The first-order valence-electron chi connectivity index (χ1n) is 13.5. The highest BCUT2D eigenvalue weighted by molar-refractivity contribution is 7.77. The van der Waals surface area contributed by atoms with Crippen molar-refractivity contribution in [3.63, 3.8) is 0 Å². The first-order valence-corrected chi connectivity index (χ1v) is 14.1. The van der Waals surface area contributed by atoms with Gasteiger partial charge in [0.25, 0.3) is 0 Å². The van der Waals surface area contributed by atoms with Gasteiger partial charge in [-0.3, -0.25) is 0 Å². The summed E-state index contributed by atoms with van der Waals surface area (Å²) in [5.41, 5.74) is 5.44. The largest absolute Gasteiger partial charge is 0.507 e. The summed E-state index contributed by atoms with van der Waals surface area (Å²) in [6.45, 7) is 2.15. The van der Waals surface area contributed by atoms with Gasteiger partial charge in [0.05, 0.1) is 0 Å². The molecule has 0 amide bonds. The molecule has 0 unspecified atom stereocenters. The molecule has 0 aliphatic carbocycles. The van der Waals surface area contributed by atoms with Crippen LogP contribution in [0.2, 0.25) is 0 Å². The quantitative estimate of drug-likeness (QED) is 0.151. The van der Waals surface area contributed by atoms with Crippen LogP contribution in [0, 0.1) is 6.92 Å². The molecular formula is C37H32O5S. The van der Waals surface area contributed by atoms with Gasteiger partial charge in [0, 0.05) is 11.1 Å². The highest BCUT2D eigenvalue weighted by Gasteiger charge is 2.23. The van der Waals surface area contributed by atoms with E-state index in [1.54, 1.807) is 12.1 Å². The Labute approximate surface area is 255 Å². The van der Waals surface area contributed by atoms with Crippen LogP contribution in [-0.4, -0.2) is 27.5 Å². The zero-order valence-electron chi connectivity index (χ0n) is 23.7. The number of thiocarbonyl (C=S) groups is 1. The van der Waals surface area contributed by atoms with Gasteiger partial charge in [-0.15, -0.1) is 0 Å². The van der Waals surface area contributed by atoms with Crippen LogP contribution in [0.3, 0.4) is 0 Å². The van der Waals surface area contributed by atoms with Crippen molar-refractivity contribution in [2.24, 2.45) is 0 Å². The molecule has 0 heterocycles. The predicted octanol–water partition coefficient (Wildman–Crippen LogP) is 8.12. The van der Waals surface area contributed by atoms with Crippen LogP contribution in [0.4, 0.5) is 0 Å². The first kappa shape index (κ1) is 30.9. The molecule has 0 bridgehead atoms. The highest BCUT2D eigenvalue weighted by atomic mass is 32.1. The van der Waals surface area contributed by atoms with Crippen LogP contribution >= 0.6 is 12.2 Å². The molecule has 0 atom stereocenters. The second-order valence-corrected chi connectivity index (χ2v) is 10.1. The van der Waals surface area contributed by atoms with Crippen molar-refractivity contribution in [1.82, 2.24) is 0 Å². The number of esters is 1. The van der Waals surface area contributed by atoms with Crippen molar-refractivity contribution in [2.45, 2.75) is 20.0 Å². The summed E-state index contributed by atoms with van der Waals surface area (Å²) in [5, 5.41) is 25.6. The lowest BCUT2D eigenvalue weighted by Gasteiger charge is -2.16. The lowest BCUT2D eigenvalue weighted by atomic mass is 9.90. The number of aryl methyl sites for hydroxylation is 1. The fourth-order valence-corrected chi connectivity index (χ4v) is 5.19. The lowest BCUT2D eigenvalue weighted by Crippen LogP contribution is -2.06. The Bertz CT molecular complexity index is 1880. The third kappa shape index (κ3) is 6.56. The summed E-state index contributed by atoms with van der Waals surface area (Å²) in [6.07, 6.45) is 0.828. The number of aromatic hydroxyl groups is 2. The third-order valence-corrected chi connectivity index (χ3v) is 7.32. The van der Waals surface area contributed by atoms with Crippen LogP contribution in [-0.2, 0) is 17.8 Å². The Morgan fingerprint density at radius 3 is 1.88 bits per heavy atom. The van der Waals surface area contributed by atoms with Gasteiger partial charge in [-0.2, -0.15) is 0 Å². The van der Waals surface area contributed by atoms with E-state index in [0.717, 1.165) is 33.5 Å². The van der Waals surface area contributed by atoms with Gasteiger partial charge in [0.15, 0.2) is 0 Å². The molecule has 216 valence electrons. The second-order valence-electron chi connectivity index (χ2n) is 10.1. The van der Waals surface area contributed by atoms with Crippen LogP contribution < -0.4 is 0 Å². The molecule has 6 rings (SSSR count). The average molecular weight is 589 g/mol. The number of carbonyl (C=O) groups excluding carboxylic acids is 1. The molecule has 0 aliphatic rings. The molecule has 6 aromatic rings. The van der Waals surface area contributed by atoms with E-state index in [4.69, 9.17) is 4.74 Å². The minimum atomic E-state index is -0.632. The van der Waals surface area contributed by atoms with Crippen molar-refractivity contribution < 1.29 is 25.2 Å². The number of phenolic OH excluding ortho intramolecular Hbond substituents is 2. The number of fused-ring (bicyclic) bond motifs is 2. The Hall–Kier alpha value is -5.04. The zero-order valence-corrected chi connectivity index (χ0v) is 24.5. The van der Waals surface area contributed by atoms with E-state index < -0.39 is 5.97 Å². The van der Waals surface area contributed by atoms with Crippen LogP contribution in [0.25, 0.3) is 32.7 Å². The molecular weight excluding hydrogens is 556 g/mol. The number of carbonyl (C=O) groups is 1. The Balaban J connectivity index is 0.00000138. The molecule has 43 heavy (non-hydrogen) atoms. The summed E-state index contributed by atoms with van der Waals surface area (Å²) in [7, 11) is 0. The Kier molecular flexibility index (Phi) is 9.88. The van der Waals surface area contributed by atoms with E-state index in [1.165, 1.54) is 16.7 Å². The SMILES string of the molecule is C=S.Cc1ccc(Cc2ccc(COC(=O)c3cc4ccccc4c(-c4c(O)ccc5ccccc45)c3O)cc2)cc1.O. The molecule has 0 spiro atoms. The second kappa shape index (κ2) is 13.7. The van der Waals surface area contributed by atoms with E-state index >= 15 is 0 Å². The van der Waals surface area contributed by atoms with E-state index in [0.29, 0.717) is 11.1 Å². The fourth-order valence-electron chi connectivity index (χ4n) is 5.19. The maximum absolute atomic E-state index is 13.3. The van der Waals surface area contributed by atoms with Gasteiger partial charge < -0.3 is 20.4 Å². The third-order valence-electron chi connectivity index (χ3n) is 7.32. The molecule has 5 nitrogen and oxygen atoms in total.